The Bertz CT molecular complexity index is 709. The van der Waals surface area contributed by atoms with Crippen LogP contribution in [0.1, 0.15) is 16.8 Å². The van der Waals surface area contributed by atoms with Crippen LogP contribution < -0.4 is 10.6 Å². The van der Waals surface area contributed by atoms with Gasteiger partial charge in [0.15, 0.2) is 0 Å². The number of nitrogens with one attached hydrogen (secondary N) is 2. The van der Waals surface area contributed by atoms with E-state index in [9.17, 15) is 9.59 Å². The zero-order valence-electron chi connectivity index (χ0n) is 12.3. The van der Waals surface area contributed by atoms with E-state index in [0.29, 0.717) is 18.5 Å². The highest BCUT2D eigenvalue weighted by Gasteiger charge is 2.31. The SMILES string of the molecule is COC(=O)[C@@H]1C[C@@H](NC(=O)c2cccc3ccccc23)CN1. The lowest BCUT2D eigenvalue weighted by atomic mass is 10.0. The third kappa shape index (κ3) is 2.80. The standard InChI is InChI=1S/C17H18N2O3/c1-22-17(21)15-9-12(10-18-15)19-16(20)14-8-4-6-11-5-2-3-7-13(11)14/h2-8,12,15,18H,9-10H2,1H3,(H,19,20)/t12-,15+/m1/s1. The number of esters is 1. The van der Waals surface area contributed by atoms with Crippen LogP contribution in [0.4, 0.5) is 0 Å². The molecule has 22 heavy (non-hydrogen) atoms. The van der Waals surface area contributed by atoms with Gasteiger partial charge in [-0.2, -0.15) is 0 Å². The minimum atomic E-state index is -0.345. The maximum Gasteiger partial charge on any atom is 0.322 e. The summed E-state index contributed by atoms with van der Waals surface area (Å²) >= 11 is 0. The molecule has 1 saturated heterocycles. The second kappa shape index (κ2) is 6.15. The first kappa shape index (κ1) is 14.5. The Morgan fingerprint density at radius 2 is 1.95 bits per heavy atom. The molecule has 2 N–H and O–H groups in total. The van der Waals surface area contributed by atoms with Gasteiger partial charge in [-0.15, -0.1) is 0 Å². The Hall–Kier alpha value is -2.40. The number of benzene rings is 2. The van der Waals surface area contributed by atoms with E-state index in [-0.39, 0.29) is 24.0 Å². The summed E-state index contributed by atoms with van der Waals surface area (Å²) in [7, 11) is 1.37. The zero-order chi connectivity index (χ0) is 15.5. The molecule has 1 heterocycles. The van der Waals surface area contributed by atoms with Crippen LogP contribution in [0.2, 0.25) is 0 Å². The molecular weight excluding hydrogens is 280 g/mol. The number of carbonyl (C=O) groups is 2. The van der Waals surface area contributed by atoms with E-state index < -0.39 is 0 Å². The molecule has 2 atom stereocenters. The van der Waals surface area contributed by atoms with Gasteiger partial charge in [0.2, 0.25) is 0 Å². The van der Waals surface area contributed by atoms with Gasteiger partial charge < -0.3 is 15.4 Å². The predicted octanol–water partition coefficient (Wildman–Crippen LogP) is 1.47. The zero-order valence-corrected chi connectivity index (χ0v) is 12.3. The molecule has 3 rings (SSSR count). The quantitative estimate of drug-likeness (QED) is 0.842. The number of ether oxygens (including phenoxy) is 1. The van der Waals surface area contributed by atoms with Gasteiger partial charge in [-0.25, -0.2) is 0 Å². The Kier molecular flexibility index (Phi) is 4.06. The molecule has 0 radical (unpaired) electrons. The monoisotopic (exact) mass is 298 g/mol. The van der Waals surface area contributed by atoms with E-state index in [4.69, 9.17) is 4.74 Å². The molecule has 114 valence electrons. The molecule has 0 spiro atoms. The van der Waals surface area contributed by atoms with E-state index in [1.807, 2.05) is 42.5 Å². The maximum atomic E-state index is 12.5. The minimum Gasteiger partial charge on any atom is -0.468 e. The molecule has 5 nitrogen and oxygen atoms in total. The first-order chi connectivity index (χ1) is 10.7. The number of fused-ring (bicyclic) bond motifs is 1. The van der Waals surface area contributed by atoms with Crippen molar-refractivity contribution in [3.8, 4) is 0 Å². The number of carbonyl (C=O) groups excluding carboxylic acids is 2. The summed E-state index contributed by atoms with van der Waals surface area (Å²) in [5, 5.41) is 8.01. The van der Waals surface area contributed by atoms with Crippen molar-refractivity contribution in [1.82, 2.24) is 10.6 Å². The Labute approximate surface area is 128 Å². The second-order valence-corrected chi connectivity index (χ2v) is 5.42. The molecule has 1 aliphatic heterocycles. The van der Waals surface area contributed by atoms with Crippen molar-refractivity contribution >= 4 is 22.6 Å². The lowest BCUT2D eigenvalue weighted by Crippen LogP contribution is -2.36. The highest BCUT2D eigenvalue weighted by molar-refractivity contribution is 6.07. The van der Waals surface area contributed by atoms with Crippen molar-refractivity contribution < 1.29 is 14.3 Å². The Morgan fingerprint density at radius 3 is 2.77 bits per heavy atom. The summed E-state index contributed by atoms with van der Waals surface area (Å²) in [5.41, 5.74) is 0.652. The maximum absolute atomic E-state index is 12.5. The molecule has 2 aromatic rings. The van der Waals surface area contributed by atoms with Crippen LogP contribution in [-0.2, 0) is 9.53 Å². The average molecular weight is 298 g/mol. The normalized spacial score (nSPS) is 20.8. The molecule has 1 fully saturated rings. The van der Waals surface area contributed by atoms with E-state index in [1.54, 1.807) is 0 Å². The van der Waals surface area contributed by atoms with Crippen molar-refractivity contribution in [2.45, 2.75) is 18.5 Å². The summed E-state index contributed by atoms with van der Waals surface area (Å²) in [5.74, 6) is -0.406. The number of hydrogen-bond acceptors (Lipinski definition) is 4. The highest BCUT2D eigenvalue weighted by Crippen LogP contribution is 2.19. The number of amides is 1. The lowest BCUT2D eigenvalue weighted by Gasteiger charge is -2.13. The van der Waals surface area contributed by atoms with E-state index in [2.05, 4.69) is 10.6 Å². The molecule has 1 aliphatic rings. The lowest BCUT2D eigenvalue weighted by molar-refractivity contribution is -0.142. The topological polar surface area (TPSA) is 67.4 Å². The smallest absolute Gasteiger partial charge is 0.322 e. The number of hydrogen-bond donors (Lipinski definition) is 2. The molecule has 0 unspecified atom stereocenters. The largest absolute Gasteiger partial charge is 0.468 e. The number of methoxy groups -OCH3 is 1. The molecule has 0 bridgehead atoms. The van der Waals surface area contributed by atoms with E-state index >= 15 is 0 Å². The van der Waals surface area contributed by atoms with Gasteiger partial charge in [-0.05, 0) is 23.3 Å². The highest BCUT2D eigenvalue weighted by atomic mass is 16.5. The fourth-order valence-electron chi connectivity index (χ4n) is 2.85. The van der Waals surface area contributed by atoms with Gasteiger partial charge >= 0.3 is 5.97 Å². The molecule has 0 aromatic heterocycles. The summed E-state index contributed by atoms with van der Waals surface area (Å²) in [6, 6.07) is 13.1. The van der Waals surface area contributed by atoms with Crippen LogP contribution in [0.25, 0.3) is 10.8 Å². The fourth-order valence-corrected chi connectivity index (χ4v) is 2.85. The summed E-state index contributed by atoms with van der Waals surface area (Å²) in [6.07, 6.45) is 0.545. The van der Waals surface area contributed by atoms with Gasteiger partial charge in [-0.3, -0.25) is 9.59 Å². The van der Waals surface area contributed by atoms with Crippen LogP contribution in [0, 0.1) is 0 Å². The van der Waals surface area contributed by atoms with Crippen molar-refractivity contribution in [1.29, 1.82) is 0 Å². The molecular formula is C17H18N2O3. The summed E-state index contributed by atoms with van der Waals surface area (Å²) in [6.45, 7) is 0.566. The summed E-state index contributed by atoms with van der Waals surface area (Å²) in [4.78, 5) is 24.0. The third-order valence-corrected chi connectivity index (χ3v) is 3.99. The second-order valence-electron chi connectivity index (χ2n) is 5.42. The van der Waals surface area contributed by atoms with Crippen LogP contribution in [0.3, 0.4) is 0 Å². The van der Waals surface area contributed by atoms with E-state index in [0.717, 1.165) is 10.8 Å². The van der Waals surface area contributed by atoms with Crippen LogP contribution >= 0.6 is 0 Å². The minimum absolute atomic E-state index is 0.0735. The van der Waals surface area contributed by atoms with Crippen LogP contribution in [0.5, 0.6) is 0 Å². The van der Waals surface area contributed by atoms with Crippen molar-refractivity contribution in [3.63, 3.8) is 0 Å². The average Bonchev–Trinajstić information content (AvgIpc) is 3.02. The van der Waals surface area contributed by atoms with E-state index in [1.165, 1.54) is 7.11 Å². The molecule has 5 heteroatoms. The van der Waals surface area contributed by atoms with Crippen molar-refractivity contribution in [2.24, 2.45) is 0 Å². The third-order valence-electron chi connectivity index (χ3n) is 3.99. The Balaban J connectivity index is 1.73. The molecule has 0 aliphatic carbocycles. The molecule has 1 amide bonds. The van der Waals surface area contributed by atoms with Gasteiger partial charge in [0, 0.05) is 18.2 Å². The Morgan fingerprint density at radius 1 is 1.18 bits per heavy atom. The van der Waals surface area contributed by atoms with Crippen molar-refractivity contribution in [3.05, 3.63) is 48.0 Å². The molecule has 2 aromatic carbocycles. The van der Waals surface area contributed by atoms with Gasteiger partial charge in [0.05, 0.1) is 7.11 Å². The number of rotatable bonds is 3. The summed E-state index contributed by atoms with van der Waals surface area (Å²) < 4.78 is 4.72. The predicted molar refractivity (Wildman–Crippen MR) is 83.6 cm³/mol. The van der Waals surface area contributed by atoms with Gasteiger partial charge in [-0.1, -0.05) is 36.4 Å². The fraction of sp³-hybridized carbons (Fsp3) is 0.294. The first-order valence-corrected chi connectivity index (χ1v) is 7.29. The molecule has 0 saturated carbocycles. The van der Waals surface area contributed by atoms with Gasteiger partial charge in [0.1, 0.15) is 6.04 Å². The van der Waals surface area contributed by atoms with Crippen molar-refractivity contribution in [2.75, 3.05) is 13.7 Å². The van der Waals surface area contributed by atoms with Gasteiger partial charge in [0.25, 0.3) is 5.91 Å². The van der Waals surface area contributed by atoms with Crippen LogP contribution in [0.15, 0.2) is 42.5 Å². The first-order valence-electron chi connectivity index (χ1n) is 7.29. The van der Waals surface area contributed by atoms with Crippen LogP contribution in [-0.4, -0.2) is 37.6 Å².